The van der Waals surface area contributed by atoms with Crippen LogP contribution in [0.15, 0.2) is 12.8 Å². The molecule has 1 aliphatic heterocycles. The molecule has 0 bridgehead atoms. The van der Waals surface area contributed by atoms with E-state index in [2.05, 4.69) is 6.58 Å². The summed E-state index contributed by atoms with van der Waals surface area (Å²) in [4.78, 5) is 25.1. The second-order valence-corrected chi connectivity index (χ2v) is 4.91. The van der Waals surface area contributed by atoms with Crippen LogP contribution in [-0.4, -0.2) is 16.7 Å². The van der Waals surface area contributed by atoms with Crippen LogP contribution in [0.1, 0.15) is 44.9 Å². The molecule has 0 aromatic carbocycles. The Morgan fingerprint density at radius 2 is 2.00 bits per heavy atom. The van der Waals surface area contributed by atoms with Crippen LogP contribution in [0.2, 0.25) is 0 Å². The molecule has 0 aromatic heterocycles. The molecular formula is C13H19NO2. The van der Waals surface area contributed by atoms with E-state index in [1.807, 2.05) is 0 Å². The zero-order valence-corrected chi connectivity index (χ0v) is 9.65. The molecule has 2 rings (SSSR count). The quantitative estimate of drug-likeness (QED) is 0.686. The van der Waals surface area contributed by atoms with E-state index in [-0.39, 0.29) is 17.7 Å². The first-order chi connectivity index (χ1) is 7.72. The lowest BCUT2D eigenvalue weighted by atomic mass is 9.92. The molecular weight excluding hydrogens is 202 g/mol. The summed E-state index contributed by atoms with van der Waals surface area (Å²) >= 11 is 0. The van der Waals surface area contributed by atoms with Gasteiger partial charge in [0.2, 0.25) is 11.8 Å². The molecule has 2 aliphatic rings. The maximum atomic E-state index is 12.1. The van der Waals surface area contributed by atoms with Crippen molar-refractivity contribution < 1.29 is 9.59 Å². The molecule has 3 heteroatoms. The average Bonchev–Trinajstić information content (AvgIpc) is 3.05. The smallest absolute Gasteiger partial charge is 0.236 e. The third kappa shape index (κ3) is 2.52. The highest BCUT2D eigenvalue weighted by molar-refractivity contribution is 5.97. The van der Waals surface area contributed by atoms with Crippen molar-refractivity contribution in [2.24, 2.45) is 11.8 Å². The Bertz CT molecular complexity index is 307. The number of hydrogen-bond acceptors (Lipinski definition) is 2. The number of carbonyl (C=O) groups excluding carboxylic acids is 2. The number of amides is 2. The molecule has 1 saturated carbocycles. The van der Waals surface area contributed by atoms with Crippen molar-refractivity contribution in [3.8, 4) is 0 Å². The molecule has 0 aromatic rings. The van der Waals surface area contributed by atoms with Gasteiger partial charge in [-0.25, -0.2) is 0 Å². The molecule has 0 radical (unpaired) electrons. The van der Waals surface area contributed by atoms with Gasteiger partial charge in [-0.1, -0.05) is 25.8 Å². The van der Waals surface area contributed by atoms with E-state index in [0.717, 1.165) is 31.6 Å². The Morgan fingerprint density at radius 3 is 2.62 bits per heavy atom. The van der Waals surface area contributed by atoms with E-state index in [1.54, 1.807) is 0 Å². The minimum absolute atomic E-state index is 0.0217. The van der Waals surface area contributed by atoms with Crippen LogP contribution < -0.4 is 0 Å². The van der Waals surface area contributed by atoms with Crippen LogP contribution in [0.5, 0.6) is 0 Å². The summed E-state index contributed by atoms with van der Waals surface area (Å²) in [7, 11) is 0. The Kier molecular flexibility index (Phi) is 3.42. The molecule has 88 valence electrons. The van der Waals surface area contributed by atoms with Crippen LogP contribution in [0, 0.1) is 11.8 Å². The predicted octanol–water partition coefficient (Wildman–Crippen LogP) is 2.48. The van der Waals surface area contributed by atoms with Gasteiger partial charge in [0.25, 0.3) is 0 Å². The van der Waals surface area contributed by atoms with Gasteiger partial charge in [-0.3, -0.25) is 14.5 Å². The highest BCUT2D eigenvalue weighted by Crippen LogP contribution is 2.37. The summed E-state index contributed by atoms with van der Waals surface area (Å²) in [5.74, 6) is 0.678. The van der Waals surface area contributed by atoms with E-state index in [4.69, 9.17) is 0 Å². The van der Waals surface area contributed by atoms with Crippen LogP contribution in [0.4, 0.5) is 0 Å². The molecule has 0 spiro atoms. The number of nitrogens with zero attached hydrogens (tertiary/aromatic N) is 1. The van der Waals surface area contributed by atoms with Crippen molar-refractivity contribution in [3.63, 3.8) is 0 Å². The lowest BCUT2D eigenvalue weighted by Crippen LogP contribution is -2.38. The fourth-order valence-corrected chi connectivity index (χ4v) is 2.40. The van der Waals surface area contributed by atoms with Crippen LogP contribution in [-0.2, 0) is 9.59 Å². The molecule has 2 amide bonds. The Hall–Kier alpha value is -1.12. The number of likely N-dealkylation sites (tertiary alicyclic amines) is 1. The van der Waals surface area contributed by atoms with Crippen molar-refractivity contribution in [2.75, 3.05) is 0 Å². The van der Waals surface area contributed by atoms with Gasteiger partial charge in [0.05, 0.1) is 0 Å². The van der Waals surface area contributed by atoms with Crippen molar-refractivity contribution >= 4 is 11.8 Å². The summed E-state index contributed by atoms with van der Waals surface area (Å²) in [6, 6.07) is 0. The fourth-order valence-electron chi connectivity index (χ4n) is 2.40. The van der Waals surface area contributed by atoms with Crippen molar-refractivity contribution in [1.29, 1.82) is 0 Å². The molecule has 3 nitrogen and oxygen atoms in total. The number of rotatable bonds is 3. The van der Waals surface area contributed by atoms with Gasteiger partial charge in [-0.15, -0.1) is 0 Å². The van der Waals surface area contributed by atoms with Gasteiger partial charge in [-0.2, -0.15) is 0 Å². The van der Waals surface area contributed by atoms with E-state index in [1.165, 1.54) is 23.9 Å². The summed E-state index contributed by atoms with van der Waals surface area (Å²) in [6.07, 6.45) is 8.18. The van der Waals surface area contributed by atoms with E-state index in [0.29, 0.717) is 6.42 Å². The minimum Gasteiger partial charge on any atom is -0.274 e. The minimum atomic E-state index is -0.0829. The van der Waals surface area contributed by atoms with Gasteiger partial charge in [0, 0.05) is 18.5 Å². The van der Waals surface area contributed by atoms with Gasteiger partial charge >= 0.3 is 0 Å². The first kappa shape index (κ1) is 11.4. The van der Waals surface area contributed by atoms with Crippen LogP contribution in [0.3, 0.4) is 0 Å². The molecule has 2 fully saturated rings. The Labute approximate surface area is 96.5 Å². The second-order valence-electron chi connectivity index (χ2n) is 4.91. The van der Waals surface area contributed by atoms with Crippen LogP contribution >= 0.6 is 0 Å². The molecule has 0 N–H and O–H groups in total. The molecule has 1 saturated heterocycles. The first-order valence-electron chi connectivity index (χ1n) is 6.21. The molecule has 1 aliphatic carbocycles. The van der Waals surface area contributed by atoms with Crippen molar-refractivity contribution in [1.82, 2.24) is 4.90 Å². The maximum Gasteiger partial charge on any atom is 0.236 e. The molecule has 1 unspecified atom stereocenters. The maximum absolute atomic E-state index is 12.1. The standard InChI is InChI=1S/C13H19NO2/c1-2-14-12(15)6-4-3-5-11(13(14)16)9-10-7-8-10/h2,10-11H,1,3-9H2. The summed E-state index contributed by atoms with van der Waals surface area (Å²) in [5, 5.41) is 0. The normalized spacial score (nSPS) is 27.5. The zero-order valence-electron chi connectivity index (χ0n) is 9.65. The SMILES string of the molecule is C=CN1C(=O)CCCCC(CC2CC2)C1=O. The van der Waals surface area contributed by atoms with E-state index < -0.39 is 0 Å². The number of hydrogen-bond donors (Lipinski definition) is 0. The number of carbonyl (C=O) groups is 2. The lowest BCUT2D eigenvalue weighted by molar-refractivity contribution is -0.145. The lowest BCUT2D eigenvalue weighted by Gasteiger charge is -2.25. The van der Waals surface area contributed by atoms with Crippen LogP contribution in [0.25, 0.3) is 0 Å². The third-order valence-electron chi connectivity index (χ3n) is 3.55. The second kappa shape index (κ2) is 4.81. The Morgan fingerprint density at radius 1 is 1.25 bits per heavy atom. The van der Waals surface area contributed by atoms with Gasteiger partial charge in [0.15, 0.2) is 0 Å². The predicted molar refractivity (Wildman–Crippen MR) is 61.3 cm³/mol. The topological polar surface area (TPSA) is 37.4 Å². The first-order valence-corrected chi connectivity index (χ1v) is 6.21. The van der Waals surface area contributed by atoms with Gasteiger partial charge < -0.3 is 0 Å². The molecule has 1 atom stereocenters. The number of imide groups is 1. The van der Waals surface area contributed by atoms with E-state index >= 15 is 0 Å². The summed E-state index contributed by atoms with van der Waals surface area (Å²) in [6.45, 7) is 3.57. The van der Waals surface area contributed by atoms with Gasteiger partial charge in [0.1, 0.15) is 0 Å². The fraction of sp³-hybridized carbons (Fsp3) is 0.692. The van der Waals surface area contributed by atoms with Crippen molar-refractivity contribution in [2.45, 2.75) is 44.9 Å². The summed E-state index contributed by atoms with van der Waals surface area (Å²) in [5.41, 5.74) is 0. The van der Waals surface area contributed by atoms with Crippen molar-refractivity contribution in [3.05, 3.63) is 12.8 Å². The summed E-state index contributed by atoms with van der Waals surface area (Å²) < 4.78 is 0. The average molecular weight is 221 g/mol. The zero-order chi connectivity index (χ0) is 11.5. The largest absolute Gasteiger partial charge is 0.274 e. The molecule has 16 heavy (non-hydrogen) atoms. The monoisotopic (exact) mass is 221 g/mol. The Balaban J connectivity index is 2.06. The molecule has 1 heterocycles. The highest BCUT2D eigenvalue weighted by atomic mass is 16.2. The third-order valence-corrected chi connectivity index (χ3v) is 3.55. The van der Waals surface area contributed by atoms with Gasteiger partial charge in [-0.05, 0) is 25.2 Å². The highest BCUT2D eigenvalue weighted by Gasteiger charge is 2.33. The van der Waals surface area contributed by atoms with E-state index in [9.17, 15) is 9.59 Å².